The first-order chi connectivity index (χ1) is 11.0. The minimum atomic E-state index is -0.640. The molecule has 0 bridgehead atoms. The van der Waals surface area contributed by atoms with Crippen LogP contribution < -0.4 is 0 Å². The fourth-order valence-electron chi connectivity index (χ4n) is 1.92. The van der Waals surface area contributed by atoms with Gasteiger partial charge < -0.3 is 14.2 Å². The third-order valence-electron chi connectivity index (χ3n) is 2.87. The van der Waals surface area contributed by atoms with Crippen LogP contribution in [0.3, 0.4) is 0 Å². The highest BCUT2D eigenvalue weighted by Crippen LogP contribution is 2.21. The SMILES string of the molecule is C=C(CC(CCC(=O)OC(C)C)C(=O)OC(C)C)C(=O)OC(C)C. The summed E-state index contributed by atoms with van der Waals surface area (Å²) in [6.45, 7) is 14.1. The van der Waals surface area contributed by atoms with Gasteiger partial charge in [0.25, 0.3) is 0 Å². The highest BCUT2D eigenvalue weighted by Gasteiger charge is 2.26. The van der Waals surface area contributed by atoms with E-state index in [1.807, 2.05) is 0 Å². The Morgan fingerprint density at radius 3 is 1.79 bits per heavy atom. The number of hydrogen-bond acceptors (Lipinski definition) is 6. The van der Waals surface area contributed by atoms with Gasteiger partial charge in [-0.2, -0.15) is 0 Å². The number of ether oxygens (including phenoxy) is 3. The molecule has 24 heavy (non-hydrogen) atoms. The Hall–Kier alpha value is -1.85. The maximum atomic E-state index is 12.2. The van der Waals surface area contributed by atoms with Crippen LogP contribution in [-0.2, 0) is 28.6 Å². The molecule has 0 aliphatic heterocycles. The molecule has 0 rings (SSSR count). The summed E-state index contributed by atoms with van der Waals surface area (Å²) >= 11 is 0. The molecule has 0 aromatic carbocycles. The first kappa shape index (κ1) is 22.1. The van der Waals surface area contributed by atoms with E-state index in [4.69, 9.17) is 14.2 Å². The van der Waals surface area contributed by atoms with E-state index in [1.165, 1.54) is 0 Å². The molecular formula is C18H30O6. The van der Waals surface area contributed by atoms with Gasteiger partial charge in [0.05, 0.1) is 24.2 Å². The second-order valence-corrected chi connectivity index (χ2v) is 6.52. The van der Waals surface area contributed by atoms with Crippen LogP contribution in [0, 0.1) is 5.92 Å². The van der Waals surface area contributed by atoms with Gasteiger partial charge in [0.2, 0.25) is 0 Å². The fraction of sp³-hybridized carbons (Fsp3) is 0.722. The largest absolute Gasteiger partial charge is 0.463 e. The highest BCUT2D eigenvalue weighted by molar-refractivity contribution is 5.89. The quantitative estimate of drug-likeness (QED) is 0.345. The first-order valence-corrected chi connectivity index (χ1v) is 8.31. The van der Waals surface area contributed by atoms with E-state index in [0.717, 1.165) is 0 Å². The lowest BCUT2D eigenvalue weighted by molar-refractivity contribution is -0.153. The molecule has 6 heteroatoms. The Balaban J connectivity index is 4.81. The van der Waals surface area contributed by atoms with Gasteiger partial charge in [-0.3, -0.25) is 9.59 Å². The van der Waals surface area contributed by atoms with Crippen molar-refractivity contribution in [2.24, 2.45) is 5.92 Å². The maximum absolute atomic E-state index is 12.2. The zero-order valence-corrected chi connectivity index (χ0v) is 15.6. The van der Waals surface area contributed by atoms with Crippen molar-refractivity contribution in [2.45, 2.75) is 79.1 Å². The summed E-state index contributed by atoms with van der Waals surface area (Å²) in [5.41, 5.74) is 0.187. The second-order valence-electron chi connectivity index (χ2n) is 6.52. The van der Waals surface area contributed by atoms with Gasteiger partial charge in [-0.25, -0.2) is 4.79 Å². The van der Waals surface area contributed by atoms with Crippen molar-refractivity contribution in [3.63, 3.8) is 0 Å². The lowest BCUT2D eigenvalue weighted by Gasteiger charge is -2.19. The summed E-state index contributed by atoms with van der Waals surface area (Å²) < 4.78 is 15.3. The topological polar surface area (TPSA) is 78.9 Å². The molecule has 1 unspecified atom stereocenters. The van der Waals surface area contributed by atoms with Crippen LogP contribution in [0.5, 0.6) is 0 Å². The van der Waals surface area contributed by atoms with E-state index in [2.05, 4.69) is 6.58 Å². The van der Waals surface area contributed by atoms with Crippen LogP contribution in [0.4, 0.5) is 0 Å². The van der Waals surface area contributed by atoms with Crippen molar-refractivity contribution in [1.29, 1.82) is 0 Å². The summed E-state index contributed by atoms with van der Waals surface area (Å²) in [5.74, 6) is -2.03. The number of rotatable bonds is 10. The van der Waals surface area contributed by atoms with Gasteiger partial charge in [-0.05, 0) is 54.4 Å². The monoisotopic (exact) mass is 342 g/mol. The smallest absolute Gasteiger partial charge is 0.333 e. The number of carbonyl (C=O) groups excluding carboxylic acids is 3. The van der Waals surface area contributed by atoms with Crippen LogP contribution in [0.2, 0.25) is 0 Å². The Kier molecular flexibility index (Phi) is 10.0. The molecule has 1 atom stereocenters. The lowest BCUT2D eigenvalue weighted by Crippen LogP contribution is -2.25. The fourth-order valence-corrected chi connectivity index (χ4v) is 1.92. The molecule has 6 nitrogen and oxygen atoms in total. The van der Waals surface area contributed by atoms with Gasteiger partial charge in [0.1, 0.15) is 0 Å². The van der Waals surface area contributed by atoms with Crippen molar-refractivity contribution < 1.29 is 28.6 Å². The van der Waals surface area contributed by atoms with Crippen LogP contribution in [0.25, 0.3) is 0 Å². The van der Waals surface area contributed by atoms with Crippen molar-refractivity contribution in [1.82, 2.24) is 0 Å². The molecule has 0 aliphatic rings. The molecule has 0 N–H and O–H groups in total. The predicted molar refractivity (Wildman–Crippen MR) is 90.2 cm³/mol. The molecule has 0 spiro atoms. The van der Waals surface area contributed by atoms with Gasteiger partial charge in [-0.1, -0.05) is 6.58 Å². The maximum Gasteiger partial charge on any atom is 0.333 e. The Morgan fingerprint density at radius 2 is 1.33 bits per heavy atom. The molecular weight excluding hydrogens is 312 g/mol. The zero-order valence-electron chi connectivity index (χ0n) is 15.6. The van der Waals surface area contributed by atoms with Crippen LogP contribution in [0.15, 0.2) is 12.2 Å². The van der Waals surface area contributed by atoms with Crippen LogP contribution >= 0.6 is 0 Å². The molecule has 0 heterocycles. The average molecular weight is 342 g/mol. The van der Waals surface area contributed by atoms with E-state index in [-0.39, 0.29) is 49.1 Å². The first-order valence-electron chi connectivity index (χ1n) is 8.31. The summed E-state index contributed by atoms with van der Waals surface area (Å²) in [4.78, 5) is 35.7. The Morgan fingerprint density at radius 1 is 0.833 bits per heavy atom. The predicted octanol–water partition coefficient (Wildman–Crippen LogP) is 3.18. The van der Waals surface area contributed by atoms with Gasteiger partial charge in [-0.15, -0.1) is 0 Å². The van der Waals surface area contributed by atoms with Crippen molar-refractivity contribution in [3.8, 4) is 0 Å². The van der Waals surface area contributed by atoms with E-state index >= 15 is 0 Å². The molecule has 138 valence electrons. The highest BCUT2D eigenvalue weighted by atomic mass is 16.6. The lowest BCUT2D eigenvalue weighted by atomic mass is 9.95. The molecule has 0 aromatic heterocycles. The zero-order chi connectivity index (χ0) is 18.9. The van der Waals surface area contributed by atoms with Crippen molar-refractivity contribution in [3.05, 3.63) is 12.2 Å². The minimum Gasteiger partial charge on any atom is -0.463 e. The summed E-state index contributed by atoms with van der Waals surface area (Å²) in [6, 6.07) is 0. The van der Waals surface area contributed by atoms with E-state index in [0.29, 0.717) is 0 Å². The molecule has 0 radical (unpaired) electrons. The molecule has 0 saturated heterocycles. The van der Waals surface area contributed by atoms with Gasteiger partial charge in [0.15, 0.2) is 0 Å². The number of esters is 3. The van der Waals surface area contributed by atoms with Crippen LogP contribution in [0.1, 0.15) is 60.8 Å². The summed E-state index contributed by atoms with van der Waals surface area (Å²) in [7, 11) is 0. The normalized spacial score (nSPS) is 12.2. The van der Waals surface area contributed by atoms with Crippen molar-refractivity contribution >= 4 is 17.9 Å². The van der Waals surface area contributed by atoms with Crippen LogP contribution in [-0.4, -0.2) is 36.2 Å². The van der Waals surface area contributed by atoms with E-state index in [1.54, 1.807) is 41.5 Å². The average Bonchev–Trinajstić information content (AvgIpc) is 2.40. The van der Waals surface area contributed by atoms with Gasteiger partial charge in [0, 0.05) is 12.0 Å². The Labute approximate surface area is 144 Å². The Bertz CT molecular complexity index is 450. The van der Waals surface area contributed by atoms with Gasteiger partial charge >= 0.3 is 17.9 Å². The molecule has 0 saturated carbocycles. The van der Waals surface area contributed by atoms with E-state index < -0.39 is 17.9 Å². The second kappa shape index (κ2) is 10.8. The summed E-state index contributed by atoms with van der Waals surface area (Å²) in [5, 5.41) is 0. The number of hydrogen-bond donors (Lipinski definition) is 0. The molecule has 0 aliphatic carbocycles. The molecule has 0 aromatic rings. The standard InChI is InChI=1S/C18H30O6/c1-11(2)22-16(19)9-8-15(18(21)24-13(5)6)10-14(7)17(20)23-12(3)4/h11-13,15H,7-10H2,1-6H3. The minimum absolute atomic E-state index is 0.0720. The summed E-state index contributed by atoms with van der Waals surface area (Å²) in [6.07, 6.45) is -0.371. The van der Waals surface area contributed by atoms with E-state index in [9.17, 15) is 14.4 Å². The number of carbonyl (C=O) groups is 3. The molecule has 0 fully saturated rings. The third kappa shape index (κ3) is 10.0. The molecule has 0 amide bonds. The van der Waals surface area contributed by atoms with Crippen molar-refractivity contribution in [2.75, 3.05) is 0 Å². The third-order valence-corrected chi connectivity index (χ3v) is 2.87.